The first-order valence-corrected chi connectivity index (χ1v) is 6.26. The van der Waals surface area contributed by atoms with Crippen molar-refractivity contribution in [2.75, 3.05) is 45.9 Å². The fourth-order valence-electron chi connectivity index (χ4n) is 2.37. The molecule has 1 amide bonds. The second-order valence-corrected chi connectivity index (χ2v) is 4.75. The normalized spacial score (nSPS) is 26.6. The first-order valence-electron chi connectivity index (χ1n) is 6.26. The second-order valence-electron chi connectivity index (χ2n) is 4.75. The number of hydrogen-bond donors (Lipinski definition) is 2. The number of carbonyl (C=O) groups is 1. The van der Waals surface area contributed by atoms with Crippen LogP contribution >= 0.6 is 0 Å². The Labute approximate surface area is 106 Å². The lowest BCUT2D eigenvalue weighted by Gasteiger charge is -2.35. The zero-order chi connectivity index (χ0) is 13.0. The molecule has 18 heavy (non-hydrogen) atoms. The van der Waals surface area contributed by atoms with E-state index < -0.39 is 0 Å². The largest absolute Gasteiger partial charge is 0.409 e. The quantitative estimate of drug-likeness (QED) is 0.290. The van der Waals surface area contributed by atoms with Crippen LogP contribution in [0.4, 0.5) is 0 Å². The molecule has 0 aliphatic carbocycles. The van der Waals surface area contributed by atoms with Crippen LogP contribution in [0.2, 0.25) is 0 Å². The summed E-state index contributed by atoms with van der Waals surface area (Å²) in [7, 11) is 0. The van der Waals surface area contributed by atoms with Crippen molar-refractivity contribution in [3.63, 3.8) is 0 Å². The molecule has 0 aromatic carbocycles. The predicted molar refractivity (Wildman–Crippen MR) is 65.4 cm³/mol. The number of amidine groups is 1. The molecular formula is C11H20N4O3. The van der Waals surface area contributed by atoms with E-state index in [1.165, 1.54) is 0 Å². The van der Waals surface area contributed by atoms with Gasteiger partial charge in [-0.15, -0.1) is 0 Å². The van der Waals surface area contributed by atoms with Gasteiger partial charge in [0.1, 0.15) is 0 Å². The molecule has 0 saturated carbocycles. The topological polar surface area (TPSA) is 91.4 Å². The third-order valence-electron chi connectivity index (χ3n) is 3.48. The van der Waals surface area contributed by atoms with Crippen molar-refractivity contribution >= 4 is 11.7 Å². The highest BCUT2D eigenvalue weighted by molar-refractivity contribution is 5.82. The van der Waals surface area contributed by atoms with Crippen molar-refractivity contribution in [3.8, 4) is 0 Å². The zero-order valence-electron chi connectivity index (χ0n) is 10.4. The molecule has 0 aromatic rings. The standard InChI is InChI=1S/C11H20N4O3/c12-10(13-17)7-14-2-4-15(5-3-14)11(16)9-1-6-18-8-9/h9,17H,1-8H2,(H2,12,13). The van der Waals surface area contributed by atoms with Gasteiger partial charge in [-0.3, -0.25) is 9.69 Å². The molecule has 0 spiro atoms. The maximum absolute atomic E-state index is 12.1. The molecule has 3 N–H and O–H groups in total. The Hall–Kier alpha value is -1.34. The molecule has 0 bridgehead atoms. The molecule has 7 nitrogen and oxygen atoms in total. The number of ether oxygens (including phenoxy) is 1. The SMILES string of the molecule is NC(CN1CCN(C(=O)C2CCOC2)CC1)=NO. The fraction of sp³-hybridized carbons (Fsp3) is 0.818. The number of carbonyl (C=O) groups excluding carboxylic acids is 1. The first-order chi connectivity index (χ1) is 8.70. The number of hydrogen-bond acceptors (Lipinski definition) is 5. The first kappa shape index (κ1) is 13.1. The van der Waals surface area contributed by atoms with Crippen molar-refractivity contribution in [1.82, 2.24) is 9.80 Å². The maximum atomic E-state index is 12.1. The van der Waals surface area contributed by atoms with Crippen LogP contribution in [-0.4, -0.2) is 72.7 Å². The van der Waals surface area contributed by atoms with E-state index in [0.717, 1.165) is 19.5 Å². The van der Waals surface area contributed by atoms with Gasteiger partial charge in [0.05, 0.1) is 19.1 Å². The lowest BCUT2D eigenvalue weighted by Crippen LogP contribution is -2.52. The molecule has 2 aliphatic rings. The Morgan fingerprint density at radius 2 is 2.11 bits per heavy atom. The molecule has 0 radical (unpaired) electrons. The van der Waals surface area contributed by atoms with Crippen LogP contribution in [0.25, 0.3) is 0 Å². The third-order valence-corrected chi connectivity index (χ3v) is 3.48. The van der Waals surface area contributed by atoms with E-state index in [-0.39, 0.29) is 17.7 Å². The molecule has 2 rings (SSSR count). The Morgan fingerprint density at radius 1 is 1.39 bits per heavy atom. The average Bonchev–Trinajstić information content (AvgIpc) is 2.92. The summed E-state index contributed by atoms with van der Waals surface area (Å²) in [5, 5.41) is 11.5. The average molecular weight is 256 g/mol. The van der Waals surface area contributed by atoms with Crippen LogP contribution in [0.15, 0.2) is 5.16 Å². The number of amides is 1. The summed E-state index contributed by atoms with van der Waals surface area (Å²) < 4.78 is 5.24. The third kappa shape index (κ3) is 3.11. The Balaban J connectivity index is 1.77. The van der Waals surface area contributed by atoms with Gasteiger partial charge in [-0.25, -0.2) is 0 Å². The van der Waals surface area contributed by atoms with Crippen LogP contribution in [0.3, 0.4) is 0 Å². The number of rotatable bonds is 3. The van der Waals surface area contributed by atoms with Crippen molar-refractivity contribution in [1.29, 1.82) is 0 Å². The van der Waals surface area contributed by atoms with E-state index >= 15 is 0 Å². The van der Waals surface area contributed by atoms with Crippen LogP contribution < -0.4 is 5.73 Å². The van der Waals surface area contributed by atoms with Crippen molar-refractivity contribution in [2.45, 2.75) is 6.42 Å². The molecule has 1 atom stereocenters. The van der Waals surface area contributed by atoms with E-state index in [1.54, 1.807) is 0 Å². The van der Waals surface area contributed by atoms with Crippen molar-refractivity contribution < 1.29 is 14.7 Å². The summed E-state index contributed by atoms with van der Waals surface area (Å²) in [6.45, 7) is 4.63. The van der Waals surface area contributed by atoms with E-state index in [2.05, 4.69) is 10.1 Å². The van der Waals surface area contributed by atoms with Gasteiger partial charge in [0.25, 0.3) is 0 Å². The van der Waals surface area contributed by atoms with E-state index in [9.17, 15) is 4.79 Å². The summed E-state index contributed by atoms with van der Waals surface area (Å²) in [4.78, 5) is 16.1. The summed E-state index contributed by atoms with van der Waals surface area (Å²) in [6.07, 6.45) is 0.836. The van der Waals surface area contributed by atoms with Gasteiger partial charge in [-0.2, -0.15) is 0 Å². The fourth-order valence-corrected chi connectivity index (χ4v) is 2.37. The van der Waals surface area contributed by atoms with Crippen LogP contribution in [0.1, 0.15) is 6.42 Å². The van der Waals surface area contributed by atoms with Gasteiger partial charge in [-0.1, -0.05) is 5.16 Å². The highest BCUT2D eigenvalue weighted by atomic mass is 16.5. The summed E-state index contributed by atoms with van der Waals surface area (Å²) in [5.41, 5.74) is 5.46. The Morgan fingerprint density at radius 3 is 2.67 bits per heavy atom. The maximum Gasteiger partial charge on any atom is 0.228 e. The van der Waals surface area contributed by atoms with Crippen LogP contribution in [-0.2, 0) is 9.53 Å². The summed E-state index contributed by atoms with van der Waals surface area (Å²) >= 11 is 0. The number of nitrogens with two attached hydrogens (primary N) is 1. The van der Waals surface area contributed by atoms with Crippen molar-refractivity contribution in [2.24, 2.45) is 16.8 Å². The van der Waals surface area contributed by atoms with Crippen LogP contribution in [0, 0.1) is 5.92 Å². The van der Waals surface area contributed by atoms with E-state index in [4.69, 9.17) is 15.7 Å². The molecule has 7 heteroatoms. The molecule has 2 saturated heterocycles. The van der Waals surface area contributed by atoms with Crippen LogP contribution in [0.5, 0.6) is 0 Å². The van der Waals surface area contributed by atoms with Crippen molar-refractivity contribution in [3.05, 3.63) is 0 Å². The predicted octanol–water partition coefficient (Wildman–Crippen LogP) is -1.09. The number of nitrogens with zero attached hydrogens (tertiary/aromatic N) is 3. The highest BCUT2D eigenvalue weighted by Crippen LogP contribution is 2.16. The van der Waals surface area contributed by atoms with Gasteiger partial charge in [0.2, 0.25) is 5.91 Å². The minimum Gasteiger partial charge on any atom is -0.409 e. The molecular weight excluding hydrogens is 236 g/mol. The van der Waals surface area contributed by atoms with Gasteiger partial charge < -0.3 is 20.6 Å². The molecule has 0 aromatic heterocycles. The molecule has 2 aliphatic heterocycles. The molecule has 102 valence electrons. The monoisotopic (exact) mass is 256 g/mol. The minimum absolute atomic E-state index is 0.0422. The molecule has 2 fully saturated rings. The highest BCUT2D eigenvalue weighted by Gasteiger charge is 2.30. The minimum atomic E-state index is 0.0422. The second kappa shape index (κ2) is 6.01. The summed E-state index contributed by atoms with van der Waals surface area (Å²) in [6, 6.07) is 0. The van der Waals surface area contributed by atoms with Gasteiger partial charge in [-0.05, 0) is 6.42 Å². The Kier molecular flexibility index (Phi) is 4.38. The lowest BCUT2D eigenvalue weighted by atomic mass is 10.1. The van der Waals surface area contributed by atoms with Gasteiger partial charge >= 0.3 is 0 Å². The Bertz CT molecular complexity index is 320. The van der Waals surface area contributed by atoms with Gasteiger partial charge in [0, 0.05) is 32.8 Å². The number of piperazine rings is 1. The molecule has 1 unspecified atom stereocenters. The zero-order valence-corrected chi connectivity index (χ0v) is 10.4. The smallest absolute Gasteiger partial charge is 0.228 e. The summed E-state index contributed by atoms with van der Waals surface area (Å²) in [5.74, 6) is 0.454. The molecule has 2 heterocycles. The lowest BCUT2D eigenvalue weighted by molar-refractivity contribution is -0.137. The van der Waals surface area contributed by atoms with Gasteiger partial charge in [0.15, 0.2) is 5.84 Å². The van der Waals surface area contributed by atoms with E-state index in [0.29, 0.717) is 32.8 Å². The number of oxime groups is 1. The van der Waals surface area contributed by atoms with E-state index in [1.807, 2.05) is 4.90 Å².